The molecule has 0 spiro atoms. The predicted molar refractivity (Wildman–Crippen MR) is 85.0 cm³/mol. The van der Waals surface area contributed by atoms with Crippen LogP contribution in [0.4, 0.5) is 0 Å². The molecule has 0 saturated heterocycles. The Bertz CT molecular complexity index is 353. The average molecular weight is 324 g/mol. The van der Waals surface area contributed by atoms with Gasteiger partial charge in [-0.2, -0.15) is 0 Å². The minimum Gasteiger partial charge on any atom is -0.479 e. The number of nitrogens with one attached hydrogen (secondary N) is 2. The molecule has 5 nitrogen and oxygen atoms in total. The number of carbonyl (C=O) groups is 1. The highest BCUT2D eigenvalue weighted by Gasteiger charge is 2.13. The van der Waals surface area contributed by atoms with Crippen LogP contribution in [0.3, 0.4) is 0 Å². The predicted octanol–water partition coefficient (Wildman–Crippen LogP) is 1.81. The lowest BCUT2D eigenvalue weighted by Gasteiger charge is -2.14. The molecule has 1 aromatic rings. The van der Waals surface area contributed by atoms with Crippen molar-refractivity contribution in [3.63, 3.8) is 0 Å². The number of ether oxygens (including phenoxy) is 1. The first-order valence-electron chi connectivity index (χ1n) is 6.29. The summed E-state index contributed by atoms with van der Waals surface area (Å²) >= 11 is 0. The smallest absolute Gasteiger partial charge is 0.260 e. The third-order valence-corrected chi connectivity index (χ3v) is 2.34. The molecule has 0 aliphatic carbocycles. The number of aromatic nitrogens is 1. The molecular weight excluding hydrogens is 301 g/mol. The zero-order chi connectivity index (χ0) is 13.2. The van der Waals surface area contributed by atoms with E-state index in [0.717, 1.165) is 19.5 Å². The van der Waals surface area contributed by atoms with E-state index in [1.807, 2.05) is 0 Å². The summed E-state index contributed by atoms with van der Waals surface area (Å²) < 4.78 is 5.46. The van der Waals surface area contributed by atoms with Gasteiger partial charge in [0.2, 0.25) is 0 Å². The fraction of sp³-hybridized carbons (Fsp3) is 0.538. The second kappa shape index (κ2) is 13.0. The maximum atomic E-state index is 11.7. The summed E-state index contributed by atoms with van der Waals surface area (Å²) in [7, 11) is 0. The normalized spacial score (nSPS) is 10.7. The average Bonchev–Trinajstić information content (AvgIpc) is 2.39. The van der Waals surface area contributed by atoms with E-state index >= 15 is 0 Å². The topological polar surface area (TPSA) is 63.2 Å². The molecule has 1 unspecified atom stereocenters. The molecule has 116 valence electrons. The monoisotopic (exact) mass is 323 g/mol. The van der Waals surface area contributed by atoms with Crippen LogP contribution >= 0.6 is 24.8 Å². The number of carbonyl (C=O) groups excluding carboxylic acids is 1. The van der Waals surface area contributed by atoms with E-state index in [9.17, 15) is 4.79 Å². The third kappa shape index (κ3) is 8.96. The molecule has 1 amide bonds. The van der Waals surface area contributed by atoms with Crippen molar-refractivity contribution >= 4 is 30.7 Å². The highest BCUT2D eigenvalue weighted by molar-refractivity contribution is 5.85. The van der Waals surface area contributed by atoms with Crippen molar-refractivity contribution in [3.8, 4) is 5.75 Å². The van der Waals surface area contributed by atoms with Crippen LogP contribution < -0.4 is 15.4 Å². The number of pyridine rings is 1. The zero-order valence-corrected chi connectivity index (χ0v) is 13.4. The second-order valence-electron chi connectivity index (χ2n) is 3.99. The molecule has 0 aromatic carbocycles. The Labute approximate surface area is 132 Å². The van der Waals surface area contributed by atoms with Crippen LogP contribution in [0.15, 0.2) is 24.5 Å². The first-order valence-corrected chi connectivity index (χ1v) is 6.29. The maximum Gasteiger partial charge on any atom is 0.260 e. The van der Waals surface area contributed by atoms with Gasteiger partial charge in [-0.1, -0.05) is 6.92 Å². The quantitative estimate of drug-likeness (QED) is 0.716. The standard InChI is InChI=1S/C13H21N3O2.2ClH/c1-3-6-14-8-9-16-13(17)11(2)18-12-5-4-7-15-10-12;;/h4-5,7,10-11,14H,3,6,8-9H2,1-2H3,(H,16,17);2*1H. The molecule has 1 aromatic heterocycles. The Balaban J connectivity index is 0. The van der Waals surface area contributed by atoms with Crippen LogP contribution in [0.25, 0.3) is 0 Å². The van der Waals surface area contributed by atoms with Gasteiger partial charge in [0.15, 0.2) is 6.10 Å². The van der Waals surface area contributed by atoms with Crippen molar-refractivity contribution in [2.75, 3.05) is 19.6 Å². The summed E-state index contributed by atoms with van der Waals surface area (Å²) in [5.74, 6) is 0.487. The molecule has 0 aliphatic heterocycles. The number of halogens is 2. The summed E-state index contributed by atoms with van der Waals surface area (Å²) in [6.07, 6.45) is 3.83. The lowest BCUT2D eigenvalue weighted by molar-refractivity contribution is -0.127. The molecule has 0 radical (unpaired) electrons. The van der Waals surface area contributed by atoms with Crippen molar-refractivity contribution in [3.05, 3.63) is 24.5 Å². The van der Waals surface area contributed by atoms with Crippen LogP contribution in [0.5, 0.6) is 5.75 Å². The maximum absolute atomic E-state index is 11.7. The van der Waals surface area contributed by atoms with Crippen molar-refractivity contribution in [2.24, 2.45) is 0 Å². The second-order valence-corrected chi connectivity index (χ2v) is 3.99. The van der Waals surface area contributed by atoms with E-state index in [0.29, 0.717) is 12.3 Å². The lowest BCUT2D eigenvalue weighted by Crippen LogP contribution is -2.39. The molecule has 0 saturated carbocycles. The van der Waals surface area contributed by atoms with Crippen LogP contribution in [0.1, 0.15) is 20.3 Å². The minimum absolute atomic E-state index is 0. The highest BCUT2D eigenvalue weighted by Crippen LogP contribution is 2.08. The molecular formula is C13H23Cl2N3O2. The molecule has 0 bridgehead atoms. The summed E-state index contributed by atoms with van der Waals surface area (Å²) in [5.41, 5.74) is 0. The number of amides is 1. The van der Waals surface area contributed by atoms with E-state index < -0.39 is 6.10 Å². The summed E-state index contributed by atoms with van der Waals surface area (Å²) in [4.78, 5) is 15.6. The van der Waals surface area contributed by atoms with Crippen LogP contribution in [-0.2, 0) is 4.79 Å². The Morgan fingerprint density at radius 2 is 2.10 bits per heavy atom. The van der Waals surface area contributed by atoms with Crippen molar-refractivity contribution < 1.29 is 9.53 Å². The van der Waals surface area contributed by atoms with E-state index in [4.69, 9.17) is 4.74 Å². The number of hydrogen-bond acceptors (Lipinski definition) is 4. The van der Waals surface area contributed by atoms with Gasteiger partial charge >= 0.3 is 0 Å². The van der Waals surface area contributed by atoms with Gasteiger partial charge in [0, 0.05) is 19.3 Å². The molecule has 1 atom stereocenters. The first-order chi connectivity index (χ1) is 8.74. The number of rotatable bonds is 8. The van der Waals surface area contributed by atoms with Gasteiger partial charge in [0.1, 0.15) is 5.75 Å². The zero-order valence-electron chi connectivity index (χ0n) is 11.8. The van der Waals surface area contributed by atoms with E-state index in [2.05, 4.69) is 22.5 Å². The van der Waals surface area contributed by atoms with Gasteiger partial charge in [-0.3, -0.25) is 9.78 Å². The van der Waals surface area contributed by atoms with Crippen LogP contribution in [0, 0.1) is 0 Å². The van der Waals surface area contributed by atoms with Crippen molar-refractivity contribution in [1.29, 1.82) is 0 Å². The van der Waals surface area contributed by atoms with Crippen molar-refractivity contribution in [2.45, 2.75) is 26.4 Å². The van der Waals surface area contributed by atoms with Gasteiger partial charge in [0.25, 0.3) is 5.91 Å². The van der Waals surface area contributed by atoms with Gasteiger partial charge in [-0.15, -0.1) is 24.8 Å². The van der Waals surface area contributed by atoms with Gasteiger partial charge in [0.05, 0.1) is 6.20 Å². The molecule has 20 heavy (non-hydrogen) atoms. The van der Waals surface area contributed by atoms with E-state index in [-0.39, 0.29) is 30.7 Å². The van der Waals surface area contributed by atoms with Gasteiger partial charge in [-0.25, -0.2) is 0 Å². The third-order valence-electron chi connectivity index (χ3n) is 2.34. The Kier molecular flexibility index (Phi) is 13.8. The van der Waals surface area contributed by atoms with Crippen molar-refractivity contribution in [1.82, 2.24) is 15.6 Å². The number of hydrogen-bond donors (Lipinski definition) is 2. The molecule has 0 fully saturated rings. The Morgan fingerprint density at radius 3 is 2.70 bits per heavy atom. The largest absolute Gasteiger partial charge is 0.479 e. The molecule has 7 heteroatoms. The van der Waals surface area contributed by atoms with E-state index in [1.54, 1.807) is 31.5 Å². The van der Waals surface area contributed by atoms with Crippen LogP contribution in [0.2, 0.25) is 0 Å². The van der Waals surface area contributed by atoms with Crippen LogP contribution in [-0.4, -0.2) is 36.6 Å². The summed E-state index contributed by atoms with van der Waals surface area (Å²) in [5, 5.41) is 6.03. The van der Waals surface area contributed by atoms with Gasteiger partial charge < -0.3 is 15.4 Å². The molecule has 1 rings (SSSR count). The fourth-order valence-corrected chi connectivity index (χ4v) is 1.39. The SMILES string of the molecule is CCCNCCNC(=O)C(C)Oc1cccnc1.Cl.Cl. The summed E-state index contributed by atoms with van der Waals surface area (Å²) in [6.45, 7) is 6.19. The first kappa shape index (κ1) is 21.3. The van der Waals surface area contributed by atoms with E-state index in [1.165, 1.54) is 0 Å². The van der Waals surface area contributed by atoms with Gasteiger partial charge in [-0.05, 0) is 32.0 Å². The molecule has 0 aliphatic rings. The summed E-state index contributed by atoms with van der Waals surface area (Å²) in [6, 6.07) is 3.55. The Morgan fingerprint density at radius 1 is 1.35 bits per heavy atom. The fourth-order valence-electron chi connectivity index (χ4n) is 1.39. The molecule has 1 heterocycles. The lowest BCUT2D eigenvalue weighted by atomic mass is 10.3. The highest BCUT2D eigenvalue weighted by atomic mass is 35.5. The Hall–Kier alpha value is -1.04. The minimum atomic E-state index is -0.514. The molecule has 2 N–H and O–H groups in total. The number of nitrogens with zero attached hydrogens (tertiary/aromatic N) is 1.